The van der Waals surface area contributed by atoms with Crippen molar-refractivity contribution in [2.45, 2.75) is 25.3 Å². The quantitative estimate of drug-likeness (QED) is 0.878. The molecule has 0 aromatic heterocycles. The van der Waals surface area contributed by atoms with Gasteiger partial charge in [-0.15, -0.1) is 0 Å². The van der Waals surface area contributed by atoms with Crippen molar-refractivity contribution < 1.29 is 9.18 Å². The van der Waals surface area contributed by atoms with Gasteiger partial charge in [-0.05, 0) is 44.6 Å². The lowest BCUT2D eigenvalue weighted by molar-refractivity contribution is -0.117. The summed E-state index contributed by atoms with van der Waals surface area (Å²) in [6.07, 6.45) is 3.62. The van der Waals surface area contributed by atoms with Crippen molar-refractivity contribution in [2.24, 2.45) is 0 Å². The Labute approximate surface area is 129 Å². The summed E-state index contributed by atoms with van der Waals surface area (Å²) in [5.41, 5.74) is 0.510. The average Bonchev–Trinajstić information content (AvgIpc) is 2.43. The van der Waals surface area contributed by atoms with Gasteiger partial charge in [0.25, 0.3) is 0 Å². The second kappa shape index (κ2) is 7.73. The van der Waals surface area contributed by atoms with E-state index < -0.39 is 5.82 Å². The van der Waals surface area contributed by atoms with Crippen LogP contribution in [-0.2, 0) is 4.79 Å². The van der Waals surface area contributed by atoms with Crippen molar-refractivity contribution in [3.8, 4) is 0 Å². The predicted molar refractivity (Wildman–Crippen MR) is 83.2 cm³/mol. The second-order valence-electron chi connectivity index (χ2n) is 5.52. The predicted octanol–water partition coefficient (Wildman–Crippen LogP) is 2.49. The second-order valence-corrected chi connectivity index (χ2v) is 5.93. The molecule has 4 nitrogen and oxygen atoms in total. The van der Waals surface area contributed by atoms with Crippen molar-refractivity contribution in [3.63, 3.8) is 0 Å². The molecule has 1 unspecified atom stereocenters. The SMILES string of the molecule is CN(CC(=O)Nc1ccc(F)c(Cl)c1)CC1CCCCN1. The van der Waals surface area contributed by atoms with Crippen LogP contribution in [0.4, 0.5) is 10.1 Å². The number of nitrogens with one attached hydrogen (secondary N) is 2. The Hall–Kier alpha value is -1.17. The minimum atomic E-state index is -0.491. The lowest BCUT2D eigenvalue weighted by atomic mass is 10.0. The molecule has 1 aliphatic heterocycles. The van der Waals surface area contributed by atoms with Crippen LogP contribution in [0.5, 0.6) is 0 Å². The number of rotatable bonds is 5. The Bertz CT molecular complexity index is 492. The highest BCUT2D eigenvalue weighted by Gasteiger charge is 2.16. The lowest BCUT2D eigenvalue weighted by Gasteiger charge is -2.27. The normalized spacial score (nSPS) is 18.8. The number of piperidine rings is 1. The molecule has 0 aliphatic carbocycles. The number of carbonyl (C=O) groups is 1. The molecule has 1 aromatic rings. The fraction of sp³-hybridized carbons (Fsp3) is 0.533. The smallest absolute Gasteiger partial charge is 0.238 e. The highest BCUT2D eigenvalue weighted by Crippen LogP contribution is 2.19. The maximum absolute atomic E-state index is 13.0. The summed E-state index contributed by atoms with van der Waals surface area (Å²) >= 11 is 5.69. The van der Waals surface area contributed by atoms with Crippen molar-refractivity contribution >= 4 is 23.2 Å². The van der Waals surface area contributed by atoms with Gasteiger partial charge >= 0.3 is 0 Å². The van der Waals surface area contributed by atoms with Gasteiger partial charge < -0.3 is 10.6 Å². The molecule has 1 aliphatic rings. The molecule has 0 spiro atoms. The molecule has 0 bridgehead atoms. The van der Waals surface area contributed by atoms with Crippen LogP contribution in [0, 0.1) is 5.82 Å². The lowest BCUT2D eigenvalue weighted by Crippen LogP contribution is -2.44. The summed E-state index contributed by atoms with van der Waals surface area (Å²) in [7, 11) is 1.92. The summed E-state index contributed by atoms with van der Waals surface area (Å²) in [6.45, 7) is 2.20. The molecule has 21 heavy (non-hydrogen) atoms. The van der Waals surface area contributed by atoms with Gasteiger partial charge in [0.05, 0.1) is 11.6 Å². The van der Waals surface area contributed by atoms with Crippen molar-refractivity contribution in [3.05, 3.63) is 29.0 Å². The van der Waals surface area contributed by atoms with Crippen LogP contribution in [-0.4, -0.2) is 43.5 Å². The van der Waals surface area contributed by atoms with Gasteiger partial charge in [0.2, 0.25) is 5.91 Å². The number of halogens is 2. The first-order chi connectivity index (χ1) is 10.0. The highest BCUT2D eigenvalue weighted by molar-refractivity contribution is 6.31. The van der Waals surface area contributed by atoms with Gasteiger partial charge in [-0.25, -0.2) is 4.39 Å². The first kappa shape index (κ1) is 16.2. The van der Waals surface area contributed by atoms with E-state index in [-0.39, 0.29) is 10.9 Å². The van der Waals surface area contributed by atoms with Crippen LogP contribution in [0.3, 0.4) is 0 Å². The molecular formula is C15H21ClFN3O. The third-order valence-corrected chi connectivity index (χ3v) is 3.85. The summed E-state index contributed by atoms with van der Waals surface area (Å²) in [4.78, 5) is 13.9. The third kappa shape index (κ3) is 5.26. The van der Waals surface area contributed by atoms with Crippen LogP contribution in [0.25, 0.3) is 0 Å². The Kier molecular flexibility index (Phi) is 5.96. The van der Waals surface area contributed by atoms with E-state index in [1.54, 1.807) is 0 Å². The topological polar surface area (TPSA) is 44.4 Å². The Morgan fingerprint density at radius 1 is 1.52 bits per heavy atom. The molecule has 1 saturated heterocycles. The fourth-order valence-corrected chi connectivity index (χ4v) is 2.72. The van der Waals surface area contributed by atoms with E-state index in [0.29, 0.717) is 18.3 Å². The fourth-order valence-electron chi connectivity index (χ4n) is 2.54. The molecule has 1 atom stereocenters. The van der Waals surface area contributed by atoms with E-state index in [9.17, 15) is 9.18 Å². The molecule has 1 amide bonds. The van der Waals surface area contributed by atoms with Gasteiger partial charge in [-0.2, -0.15) is 0 Å². The zero-order valence-corrected chi connectivity index (χ0v) is 12.9. The van der Waals surface area contributed by atoms with Crippen molar-refractivity contribution in [2.75, 3.05) is 32.0 Å². The monoisotopic (exact) mass is 313 g/mol. The first-order valence-corrected chi connectivity index (χ1v) is 7.59. The van der Waals surface area contributed by atoms with E-state index in [1.807, 2.05) is 11.9 Å². The zero-order valence-electron chi connectivity index (χ0n) is 12.2. The number of amides is 1. The molecule has 1 aromatic carbocycles. The number of hydrogen-bond donors (Lipinski definition) is 2. The molecule has 2 N–H and O–H groups in total. The van der Waals surface area contributed by atoms with E-state index in [1.165, 1.54) is 31.0 Å². The van der Waals surface area contributed by atoms with Crippen LogP contribution in [0.15, 0.2) is 18.2 Å². The van der Waals surface area contributed by atoms with Crippen molar-refractivity contribution in [1.29, 1.82) is 0 Å². The Morgan fingerprint density at radius 2 is 2.33 bits per heavy atom. The molecule has 1 fully saturated rings. The maximum Gasteiger partial charge on any atom is 0.238 e. The molecule has 1 heterocycles. The van der Waals surface area contributed by atoms with E-state index in [0.717, 1.165) is 19.5 Å². The Morgan fingerprint density at radius 3 is 3.00 bits per heavy atom. The number of nitrogens with zero attached hydrogens (tertiary/aromatic N) is 1. The summed E-state index contributed by atoms with van der Waals surface area (Å²) in [5.74, 6) is -0.619. The zero-order chi connectivity index (χ0) is 15.2. The Balaban J connectivity index is 1.78. The van der Waals surface area contributed by atoms with E-state index >= 15 is 0 Å². The van der Waals surface area contributed by atoms with Crippen molar-refractivity contribution in [1.82, 2.24) is 10.2 Å². The first-order valence-electron chi connectivity index (χ1n) is 7.21. The number of anilines is 1. The minimum Gasteiger partial charge on any atom is -0.325 e. The average molecular weight is 314 g/mol. The maximum atomic E-state index is 13.0. The van der Waals surface area contributed by atoms with Crippen LogP contribution in [0.2, 0.25) is 5.02 Å². The van der Waals surface area contributed by atoms with E-state index in [2.05, 4.69) is 10.6 Å². The van der Waals surface area contributed by atoms with Crippen LogP contribution in [0.1, 0.15) is 19.3 Å². The van der Waals surface area contributed by atoms with Gasteiger partial charge in [0.1, 0.15) is 5.82 Å². The van der Waals surface area contributed by atoms with Crippen LogP contribution < -0.4 is 10.6 Å². The summed E-state index contributed by atoms with van der Waals surface area (Å²) in [5, 5.41) is 6.19. The van der Waals surface area contributed by atoms with Crippen LogP contribution >= 0.6 is 11.6 Å². The van der Waals surface area contributed by atoms with Gasteiger partial charge in [0, 0.05) is 18.3 Å². The van der Waals surface area contributed by atoms with Gasteiger partial charge in [0.15, 0.2) is 0 Å². The number of hydrogen-bond acceptors (Lipinski definition) is 3. The third-order valence-electron chi connectivity index (χ3n) is 3.56. The summed E-state index contributed by atoms with van der Waals surface area (Å²) < 4.78 is 13.0. The molecular weight excluding hydrogens is 293 g/mol. The van der Waals surface area contributed by atoms with Gasteiger partial charge in [-0.3, -0.25) is 9.69 Å². The molecule has 2 rings (SSSR count). The minimum absolute atomic E-state index is 0.00700. The summed E-state index contributed by atoms with van der Waals surface area (Å²) in [6, 6.07) is 4.62. The molecule has 0 radical (unpaired) electrons. The molecule has 0 saturated carbocycles. The number of likely N-dealkylation sites (N-methyl/N-ethyl adjacent to an activating group) is 1. The number of benzene rings is 1. The van der Waals surface area contributed by atoms with E-state index in [4.69, 9.17) is 11.6 Å². The largest absolute Gasteiger partial charge is 0.325 e. The van der Waals surface area contributed by atoms with Gasteiger partial charge in [-0.1, -0.05) is 18.0 Å². The standard InChI is InChI=1S/C15H21ClFN3O/c1-20(9-12-4-2-3-7-18-12)10-15(21)19-11-5-6-14(17)13(16)8-11/h5-6,8,12,18H,2-4,7,9-10H2,1H3,(H,19,21). The highest BCUT2D eigenvalue weighted by atomic mass is 35.5. The number of carbonyl (C=O) groups excluding carboxylic acids is 1. The molecule has 116 valence electrons. The molecule has 6 heteroatoms.